The molecule has 0 aliphatic rings. The highest BCUT2D eigenvalue weighted by atomic mass is 32.2. The standard InChI is InChI=1S/C20H19F3N4O4S/c21-13-8-11(2-1-5-26-32(30)31)18(22)17(19(13)23)20(29)12-3-4-14-15(9-12)27-16(10-25-14)24-6-7-28/h3-4,8-10,26,28H,1-2,5-7H2,(H,24,27)(H,30,31). The Hall–Kier alpha value is -2.93. The van der Waals surface area contributed by atoms with Crippen LogP contribution in [0.5, 0.6) is 0 Å². The lowest BCUT2D eigenvalue weighted by Gasteiger charge is -2.11. The van der Waals surface area contributed by atoms with Gasteiger partial charge in [0.1, 0.15) is 11.6 Å². The van der Waals surface area contributed by atoms with E-state index in [4.69, 9.17) is 9.66 Å². The van der Waals surface area contributed by atoms with E-state index >= 15 is 0 Å². The molecule has 0 saturated carbocycles. The van der Waals surface area contributed by atoms with Crippen LogP contribution < -0.4 is 10.0 Å². The van der Waals surface area contributed by atoms with Gasteiger partial charge in [0.25, 0.3) is 0 Å². The van der Waals surface area contributed by atoms with Crippen LogP contribution in [0.15, 0.2) is 30.5 Å². The largest absolute Gasteiger partial charge is 0.395 e. The van der Waals surface area contributed by atoms with Crippen molar-refractivity contribution in [2.24, 2.45) is 0 Å². The smallest absolute Gasteiger partial charge is 0.231 e. The molecule has 0 aliphatic carbocycles. The highest BCUT2D eigenvalue weighted by Gasteiger charge is 2.25. The molecule has 0 aliphatic heterocycles. The molecule has 170 valence electrons. The molecule has 0 fully saturated rings. The molecule has 1 heterocycles. The first-order valence-corrected chi connectivity index (χ1v) is 10.6. The van der Waals surface area contributed by atoms with E-state index in [1.807, 2.05) is 0 Å². The average molecular weight is 468 g/mol. The van der Waals surface area contributed by atoms with Gasteiger partial charge in [-0.1, -0.05) is 0 Å². The van der Waals surface area contributed by atoms with Crippen LogP contribution in [-0.2, 0) is 17.7 Å². The molecule has 12 heteroatoms. The van der Waals surface area contributed by atoms with Gasteiger partial charge in [0.05, 0.1) is 29.4 Å². The highest BCUT2D eigenvalue weighted by Crippen LogP contribution is 2.25. The van der Waals surface area contributed by atoms with Gasteiger partial charge in [-0.05, 0) is 42.7 Å². The van der Waals surface area contributed by atoms with Crippen molar-refractivity contribution < 1.29 is 31.8 Å². The number of fused-ring (bicyclic) bond motifs is 1. The fourth-order valence-corrected chi connectivity index (χ4v) is 3.36. The van der Waals surface area contributed by atoms with Crippen LogP contribution in [0.1, 0.15) is 27.9 Å². The molecular weight excluding hydrogens is 449 g/mol. The number of hydrogen-bond donors (Lipinski definition) is 4. The molecular formula is C20H19F3N4O4S. The third kappa shape index (κ3) is 5.46. The number of aliphatic hydroxyl groups excluding tert-OH is 1. The summed E-state index contributed by atoms with van der Waals surface area (Å²) in [6.45, 7) is 0.123. The minimum absolute atomic E-state index is 0.0286. The molecule has 1 atom stereocenters. The van der Waals surface area contributed by atoms with E-state index in [0.29, 0.717) is 17.4 Å². The first-order valence-electron chi connectivity index (χ1n) is 9.48. The minimum atomic E-state index is -2.25. The second-order valence-corrected chi connectivity index (χ2v) is 7.49. The molecule has 1 aromatic heterocycles. The van der Waals surface area contributed by atoms with E-state index < -0.39 is 40.1 Å². The van der Waals surface area contributed by atoms with Crippen LogP contribution in [-0.4, -0.2) is 49.3 Å². The Kier molecular flexibility index (Phi) is 7.85. The summed E-state index contributed by atoms with van der Waals surface area (Å²) in [6.07, 6.45) is 1.49. The number of nitrogens with zero attached hydrogens (tertiary/aromatic N) is 2. The van der Waals surface area contributed by atoms with E-state index in [0.717, 1.165) is 0 Å². The van der Waals surface area contributed by atoms with Crippen molar-refractivity contribution in [3.05, 3.63) is 64.6 Å². The van der Waals surface area contributed by atoms with Gasteiger partial charge in [0.2, 0.25) is 11.3 Å². The predicted molar refractivity (Wildman–Crippen MR) is 112 cm³/mol. The Labute approximate surface area is 183 Å². The SMILES string of the molecule is O=C(c1ccc2ncc(NCCO)nc2c1)c1c(F)c(F)cc(CCCNS(=O)O)c1F. The van der Waals surface area contributed by atoms with Gasteiger partial charge in [-0.15, -0.1) is 0 Å². The normalized spacial score (nSPS) is 12.2. The van der Waals surface area contributed by atoms with E-state index in [2.05, 4.69) is 20.0 Å². The number of aromatic nitrogens is 2. The first-order chi connectivity index (χ1) is 15.3. The number of aryl methyl sites for hydroxylation is 1. The highest BCUT2D eigenvalue weighted by molar-refractivity contribution is 7.77. The van der Waals surface area contributed by atoms with Crippen molar-refractivity contribution in [3.8, 4) is 0 Å². The first kappa shape index (κ1) is 23.7. The summed E-state index contributed by atoms with van der Waals surface area (Å²) < 4.78 is 64.9. The molecule has 4 N–H and O–H groups in total. The van der Waals surface area contributed by atoms with E-state index in [9.17, 15) is 22.2 Å². The average Bonchev–Trinajstić information content (AvgIpc) is 2.77. The quantitative estimate of drug-likeness (QED) is 0.156. The summed E-state index contributed by atoms with van der Waals surface area (Å²) in [5.74, 6) is -4.90. The number of anilines is 1. The van der Waals surface area contributed by atoms with Gasteiger partial charge >= 0.3 is 0 Å². The number of carbonyl (C=O) groups excluding carboxylic acids is 1. The zero-order valence-corrected chi connectivity index (χ0v) is 17.4. The second-order valence-electron chi connectivity index (χ2n) is 6.71. The number of hydrogen-bond acceptors (Lipinski definition) is 6. The van der Waals surface area contributed by atoms with Crippen molar-refractivity contribution in [2.75, 3.05) is 25.0 Å². The van der Waals surface area contributed by atoms with Crippen LogP contribution in [0, 0.1) is 17.5 Å². The van der Waals surface area contributed by atoms with Gasteiger partial charge in [0, 0.05) is 18.7 Å². The van der Waals surface area contributed by atoms with Crippen LogP contribution >= 0.6 is 0 Å². The molecule has 3 rings (SSSR count). The van der Waals surface area contributed by atoms with Gasteiger partial charge in [-0.25, -0.2) is 27.1 Å². The number of rotatable bonds is 10. The lowest BCUT2D eigenvalue weighted by atomic mass is 9.97. The predicted octanol–water partition coefficient (Wildman–Crippen LogP) is 2.34. The fraction of sp³-hybridized carbons (Fsp3) is 0.250. The van der Waals surface area contributed by atoms with Gasteiger partial charge in [-0.3, -0.25) is 14.3 Å². The van der Waals surface area contributed by atoms with Crippen LogP contribution in [0.2, 0.25) is 0 Å². The lowest BCUT2D eigenvalue weighted by molar-refractivity contribution is 0.102. The van der Waals surface area contributed by atoms with E-state index in [1.54, 1.807) is 0 Å². The molecule has 32 heavy (non-hydrogen) atoms. The maximum atomic E-state index is 14.9. The summed E-state index contributed by atoms with van der Waals surface area (Å²) in [5.41, 5.74) is -0.683. The molecule has 0 bridgehead atoms. The Morgan fingerprint density at radius 3 is 2.59 bits per heavy atom. The molecule has 0 saturated heterocycles. The number of aliphatic hydroxyl groups is 1. The van der Waals surface area contributed by atoms with Crippen molar-refractivity contribution in [2.45, 2.75) is 12.8 Å². The summed E-state index contributed by atoms with van der Waals surface area (Å²) in [5, 5.41) is 11.7. The van der Waals surface area contributed by atoms with Gasteiger partial charge in [0.15, 0.2) is 17.4 Å². The molecule has 8 nitrogen and oxygen atoms in total. The van der Waals surface area contributed by atoms with Crippen molar-refractivity contribution >= 4 is 33.9 Å². The summed E-state index contributed by atoms with van der Waals surface area (Å²) in [4.78, 5) is 21.3. The third-order valence-corrected chi connectivity index (χ3v) is 4.98. The van der Waals surface area contributed by atoms with Crippen LogP contribution in [0.25, 0.3) is 11.0 Å². The zero-order valence-electron chi connectivity index (χ0n) is 16.6. The maximum Gasteiger partial charge on any atom is 0.231 e. The topological polar surface area (TPSA) is 124 Å². The molecule has 0 radical (unpaired) electrons. The second kappa shape index (κ2) is 10.6. The number of halogens is 3. The number of benzene rings is 2. The Bertz CT molecular complexity index is 1180. The Balaban J connectivity index is 1.93. The molecule has 0 amide bonds. The van der Waals surface area contributed by atoms with Gasteiger partial charge < -0.3 is 10.4 Å². The monoisotopic (exact) mass is 468 g/mol. The third-order valence-electron chi connectivity index (χ3n) is 4.53. The maximum absolute atomic E-state index is 14.9. The van der Waals surface area contributed by atoms with Crippen molar-refractivity contribution in [1.82, 2.24) is 14.7 Å². The minimum Gasteiger partial charge on any atom is -0.395 e. The van der Waals surface area contributed by atoms with Crippen LogP contribution in [0.3, 0.4) is 0 Å². The molecule has 0 spiro atoms. The van der Waals surface area contributed by atoms with Crippen molar-refractivity contribution in [1.29, 1.82) is 0 Å². The lowest BCUT2D eigenvalue weighted by Crippen LogP contribution is -2.18. The molecule has 3 aromatic rings. The fourth-order valence-electron chi connectivity index (χ4n) is 3.04. The Morgan fingerprint density at radius 2 is 1.88 bits per heavy atom. The number of ketones is 1. The van der Waals surface area contributed by atoms with E-state index in [1.165, 1.54) is 24.4 Å². The van der Waals surface area contributed by atoms with Crippen molar-refractivity contribution in [3.63, 3.8) is 0 Å². The Morgan fingerprint density at radius 1 is 1.09 bits per heavy atom. The summed E-state index contributed by atoms with van der Waals surface area (Å²) in [7, 11) is 0. The van der Waals surface area contributed by atoms with Crippen LogP contribution in [0.4, 0.5) is 19.0 Å². The molecule has 1 unspecified atom stereocenters. The number of carbonyl (C=O) groups is 1. The van der Waals surface area contributed by atoms with Gasteiger partial charge in [-0.2, -0.15) is 0 Å². The number of nitrogens with one attached hydrogen (secondary N) is 2. The summed E-state index contributed by atoms with van der Waals surface area (Å²) >= 11 is -2.25. The zero-order chi connectivity index (χ0) is 23.3. The summed E-state index contributed by atoms with van der Waals surface area (Å²) in [6, 6.07) is 4.72. The molecule has 2 aromatic carbocycles. The van der Waals surface area contributed by atoms with E-state index in [-0.39, 0.29) is 49.2 Å².